The van der Waals surface area contributed by atoms with Gasteiger partial charge in [-0.3, -0.25) is 18.9 Å². The van der Waals surface area contributed by atoms with Crippen molar-refractivity contribution < 1.29 is 29.1 Å². The molecule has 126 valence electrons. The van der Waals surface area contributed by atoms with E-state index in [1.165, 1.54) is 0 Å². The molecule has 0 aromatic heterocycles. The number of nitrogens with one attached hydrogen (secondary N) is 1. The minimum Gasteiger partial charge on any atom is -0.386 e. The summed E-state index contributed by atoms with van der Waals surface area (Å²) in [6.07, 6.45) is -1.71. The summed E-state index contributed by atoms with van der Waals surface area (Å²) in [4.78, 5) is 22.5. The van der Waals surface area contributed by atoms with Crippen LogP contribution in [0.1, 0.15) is 0 Å². The zero-order valence-electron chi connectivity index (χ0n) is 12.0. The van der Waals surface area contributed by atoms with Gasteiger partial charge in [-0.2, -0.15) is 0 Å². The highest BCUT2D eigenvalue weighted by Crippen LogP contribution is 2.40. The van der Waals surface area contributed by atoms with E-state index in [4.69, 9.17) is 10.2 Å². The molecule has 1 heterocycles. The van der Waals surface area contributed by atoms with Gasteiger partial charge in [-0.1, -0.05) is 0 Å². The lowest BCUT2D eigenvalue weighted by Gasteiger charge is -2.27. The summed E-state index contributed by atoms with van der Waals surface area (Å²) < 4.78 is 23.2. The Morgan fingerprint density at radius 3 is 1.52 bits per heavy atom. The maximum absolute atomic E-state index is 11.6. The average Bonchev–Trinajstić information content (AvgIpc) is 2.52. The van der Waals surface area contributed by atoms with E-state index in [0.29, 0.717) is 39.3 Å². The Morgan fingerprint density at radius 2 is 1.19 bits per heavy atom. The van der Waals surface area contributed by atoms with Crippen molar-refractivity contribution >= 4 is 14.7 Å². The Hall–Kier alpha value is 0.180. The van der Waals surface area contributed by atoms with Crippen LogP contribution in [0.25, 0.3) is 0 Å². The van der Waals surface area contributed by atoms with Crippen LogP contribution in [-0.4, -0.2) is 94.3 Å². The Labute approximate surface area is 124 Å². The number of rotatable bonds is 6. The number of aliphatic hydroxyl groups excluding tert-OH is 2. The lowest BCUT2D eigenvalue weighted by Crippen LogP contribution is -2.37. The molecule has 0 amide bonds. The van der Waals surface area contributed by atoms with Crippen LogP contribution in [0.15, 0.2) is 0 Å². The van der Waals surface area contributed by atoms with Crippen LogP contribution in [-0.2, 0) is 9.13 Å². The molecule has 0 spiro atoms. The van der Waals surface area contributed by atoms with Gasteiger partial charge in [0.15, 0.2) is 0 Å². The summed E-state index contributed by atoms with van der Waals surface area (Å²) in [7, 11) is -7.13. The molecular weight excluding hydrogens is 320 g/mol. The van der Waals surface area contributed by atoms with E-state index < -0.39 is 27.4 Å². The SMILES string of the molecule is O=P(O)(CO)CN1CCNCCN(CP(=O)(O)CO)CC1. The third-order valence-corrected chi connectivity index (χ3v) is 5.79. The first-order valence-electron chi connectivity index (χ1n) is 6.77. The van der Waals surface area contributed by atoms with Crippen molar-refractivity contribution in [1.29, 1.82) is 0 Å². The van der Waals surface area contributed by atoms with Crippen LogP contribution in [0.2, 0.25) is 0 Å². The fourth-order valence-electron chi connectivity index (χ4n) is 2.10. The van der Waals surface area contributed by atoms with Crippen molar-refractivity contribution in [2.45, 2.75) is 0 Å². The molecule has 0 radical (unpaired) electrons. The van der Waals surface area contributed by atoms with Crippen molar-refractivity contribution in [2.24, 2.45) is 0 Å². The second-order valence-electron chi connectivity index (χ2n) is 5.24. The van der Waals surface area contributed by atoms with E-state index in [1.54, 1.807) is 9.80 Å². The fourth-order valence-corrected chi connectivity index (χ4v) is 4.10. The summed E-state index contributed by atoms with van der Waals surface area (Å²) >= 11 is 0. The summed E-state index contributed by atoms with van der Waals surface area (Å²) in [6.45, 7) is 3.31. The first-order valence-corrected chi connectivity index (χ1v) is 10.8. The second-order valence-corrected chi connectivity index (χ2v) is 9.76. The largest absolute Gasteiger partial charge is 0.386 e. The molecule has 1 aliphatic heterocycles. The van der Waals surface area contributed by atoms with Crippen LogP contribution < -0.4 is 5.32 Å². The van der Waals surface area contributed by atoms with E-state index in [0.717, 1.165) is 0 Å². The van der Waals surface area contributed by atoms with Gasteiger partial charge in [-0.05, 0) is 0 Å². The van der Waals surface area contributed by atoms with Crippen LogP contribution in [0.3, 0.4) is 0 Å². The quantitative estimate of drug-likeness (QED) is 0.367. The minimum absolute atomic E-state index is 0.101. The van der Waals surface area contributed by atoms with Crippen molar-refractivity contribution in [1.82, 2.24) is 15.1 Å². The summed E-state index contributed by atoms with van der Waals surface area (Å²) in [5, 5.41) is 20.9. The van der Waals surface area contributed by atoms with Gasteiger partial charge in [-0.15, -0.1) is 0 Å². The highest BCUT2D eigenvalue weighted by atomic mass is 31.2. The fraction of sp³-hybridized carbons (Fsp3) is 1.00. The van der Waals surface area contributed by atoms with Crippen LogP contribution in [0.5, 0.6) is 0 Å². The Kier molecular flexibility index (Phi) is 7.98. The van der Waals surface area contributed by atoms with Crippen LogP contribution >= 0.6 is 14.7 Å². The molecule has 9 nitrogen and oxygen atoms in total. The van der Waals surface area contributed by atoms with Gasteiger partial charge in [0.1, 0.15) is 12.7 Å². The molecule has 2 unspecified atom stereocenters. The number of hydrogen-bond donors (Lipinski definition) is 5. The highest BCUT2D eigenvalue weighted by molar-refractivity contribution is 7.57. The van der Waals surface area contributed by atoms with Crippen LogP contribution in [0.4, 0.5) is 0 Å². The van der Waals surface area contributed by atoms with E-state index in [-0.39, 0.29) is 12.6 Å². The van der Waals surface area contributed by atoms with E-state index in [9.17, 15) is 18.9 Å². The molecular formula is C10H25N3O6P2. The first kappa shape index (κ1) is 19.2. The van der Waals surface area contributed by atoms with E-state index >= 15 is 0 Å². The molecule has 0 saturated carbocycles. The monoisotopic (exact) mass is 345 g/mol. The summed E-state index contributed by atoms with van der Waals surface area (Å²) in [5.41, 5.74) is 0. The van der Waals surface area contributed by atoms with Crippen molar-refractivity contribution in [2.75, 3.05) is 64.5 Å². The lowest BCUT2D eigenvalue weighted by molar-refractivity contribution is 0.239. The molecule has 2 atom stereocenters. The van der Waals surface area contributed by atoms with Gasteiger partial charge in [0.05, 0.1) is 12.6 Å². The molecule has 0 aromatic carbocycles. The summed E-state index contributed by atoms with van der Waals surface area (Å²) in [5.74, 6) is 0. The maximum Gasteiger partial charge on any atom is 0.238 e. The number of hydrogen-bond acceptors (Lipinski definition) is 7. The summed E-state index contributed by atoms with van der Waals surface area (Å²) in [6, 6.07) is 0. The number of aliphatic hydroxyl groups is 2. The molecule has 21 heavy (non-hydrogen) atoms. The van der Waals surface area contributed by atoms with Gasteiger partial charge in [0, 0.05) is 39.3 Å². The van der Waals surface area contributed by atoms with Crippen molar-refractivity contribution in [3.8, 4) is 0 Å². The predicted molar refractivity (Wildman–Crippen MR) is 79.6 cm³/mol. The zero-order valence-corrected chi connectivity index (χ0v) is 13.8. The molecule has 1 aliphatic rings. The van der Waals surface area contributed by atoms with Crippen molar-refractivity contribution in [3.05, 3.63) is 0 Å². The smallest absolute Gasteiger partial charge is 0.238 e. The molecule has 0 aromatic rings. The third kappa shape index (κ3) is 7.83. The molecule has 1 saturated heterocycles. The van der Waals surface area contributed by atoms with Gasteiger partial charge >= 0.3 is 0 Å². The zero-order chi connectivity index (χ0) is 15.9. The van der Waals surface area contributed by atoms with Crippen LogP contribution in [0, 0.1) is 0 Å². The standard InChI is InChI=1S/C10H25N3O6P2/c14-9-20(16,17)7-12-3-1-11-2-4-13(6-5-12)8-21(18,19)10-15/h11,14-15H,1-10H2,(H,16,17)(H,18,19). The topological polar surface area (TPSA) is 134 Å². The average molecular weight is 345 g/mol. The van der Waals surface area contributed by atoms with Gasteiger partial charge in [0.2, 0.25) is 14.7 Å². The first-order chi connectivity index (χ1) is 9.78. The molecule has 5 N–H and O–H groups in total. The minimum atomic E-state index is -3.57. The second kappa shape index (κ2) is 8.72. The number of nitrogens with zero attached hydrogens (tertiary/aromatic N) is 2. The maximum atomic E-state index is 11.6. The Morgan fingerprint density at radius 1 is 0.810 bits per heavy atom. The lowest BCUT2D eigenvalue weighted by atomic mass is 10.5. The molecule has 0 aliphatic carbocycles. The molecule has 0 bridgehead atoms. The molecule has 1 fully saturated rings. The van der Waals surface area contributed by atoms with Gasteiger partial charge in [-0.25, -0.2) is 0 Å². The Balaban J connectivity index is 2.60. The predicted octanol–water partition coefficient (Wildman–Crippen LogP) is -1.45. The normalized spacial score (nSPS) is 25.3. The molecule has 11 heteroatoms. The van der Waals surface area contributed by atoms with Gasteiger partial charge in [0.25, 0.3) is 0 Å². The van der Waals surface area contributed by atoms with E-state index in [2.05, 4.69) is 5.32 Å². The van der Waals surface area contributed by atoms with Crippen molar-refractivity contribution in [3.63, 3.8) is 0 Å². The highest BCUT2D eigenvalue weighted by Gasteiger charge is 2.25. The Bertz CT molecular complexity index is 374. The third-order valence-electron chi connectivity index (χ3n) is 3.23. The molecule has 1 rings (SSSR count). The van der Waals surface area contributed by atoms with E-state index in [1.807, 2.05) is 0 Å². The van der Waals surface area contributed by atoms with Gasteiger partial charge < -0.3 is 25.3 Å².